The number of nitrogens with zero attached hydrogens (tertiary/aromatic N) is 2. The highest BCUT2D eigenvalue weighted by Gasteiger charge is 2.18. The Balaban J connectivity index is 1.14. The van der Waals surface area contributed by atoms with E-state index in [2.05, 4.69) is 79.3 Å². The standard InChI is InChI=1S/C33H35N3O4S/c1-22(34-15-24-7-11-28-30(13-24)39-20-37-28)27-19-41-32(35-27)18-36(16-23-5-9-26(10-6-23)33(2,3)4)17-25-8-12-29-31(14-25)40-21-38-29/h5-14,19,34H,1,15-18,20-21H2,2-4H3. The first-order valence-electron chi connectivity index (χ1n) is 13.8. The molecule has 0 amide bonds. The van der Waals surface area contributed by atoms with E-state index in [-0.39, 0.29) is 19.0 Å². The molecule has 2 aliphatic rings. The molecule has 8 heteroatoms. The first kappa shape index (κ1) is 27.2. The van der Waals surface area contributed by atoms with E-state index in [0.717, 1.165) is 64.6 Å². The quantitative estimate of drug-likeness (QED) is 0.224. The molecular weight excluding hydrogens is 534 g/mol. The molecule has 0 spiro atoms. The minimum atomic E-state index is 0.126. The lowest BCUT2D eigenvalue weighted by molar-refractivity contribution is 0.173. The van der Waals surface area contributed by atoms with Crippen molar-refractivity contribution in [2.24, 2.45) is 0 Å². The summed E-state index contributed by atoms with van der Waals surface area (Å²) in [5, 5.41) is 6.52. The second kappa shape index (κ2) is 11.5. The summed E-state index contributed by atoms with van der Waals surface area (Å²) < 4.78 is 22.0. The normalized spacial score (nSPS) is 13.6. The highest BCUT2D eigenvalue weighted by Crippen LogP contribution is 2.34. The van der Waals surface area contributed by atoms with Gasteiger partial charge in [0.1, 0.15) is 5.01 Å². The molecule has 2 aliphatic heterocycles. The number of aromatic nitrogens is 1. The van der Waals surface area contributed by atoms with Crippen molar-refractivity contribution in [2.45, 2.75) is 52.4 Å². The van der Waals surface area contributed by atoms with Crippen LogP contribution in [0.15, 0.2) is 72.6 Å². The van der Waals surface area contributed by atoms with Gasteiger partial charge in [0.15, 0.2) is 23.0 Å². The summed E-state index contributed by atoms with van der Waals surface area (Å²) in [5.74, 6) is 3.17. The summed E-state index contributed by atoms with van der Waals surface area (Å²) in [6, 6.07) is 21.1. The average Bonchev–Trinajstić information content (AvgIpc) is 3.72. The van der Waals surface area contributed by atoms with Crippen LogP contribution >= 0.6 is 11.3 Å². The van der Waals surface area contributed by atoms with Gasteiger partial charge in [0.05, 0.1) is 17.9 Å². The topological polar surface area (TPSA) is 65.1 Å². The Morgan fingerprint density at radius 2 is 1.39 bits per heavy atom. The van der Waals surface area contributed by atoms with E-state index in [1.165, 1.54) is 16.7 Å². The van der Waals surface area contributed by atoms with Gasteiger partial charge in [0.2, 0.25) is 13.6 Å². The molecule has 1 aromatic heterocycles. The van der Waals surface area contributed by atoms with Gasteiger partial charge >= 0.3 is 0 Å². The van der Waals surface area contributed by atoms with Gasteiger partial charge < -0.3 is 24.3 Å². The van der Waals surface area contributed by atoms with Crippen LogP contribution in [-0.4, -0.2) is 23.5 Å². The lowest BCUT2D eigenvalue weighted by atomic mass is 9.87. The lowest BCUT2D eigenvalue weighted by Crippen LogP contribution is -2.22. The van der Waals surface area contributed by atoms with Gasteiger partial charge in [-0.25, -0.2) is 4.98 Å². The molecule has 212 valence electrons. The third-order valence-corrected chi connectivity index (χ3v) is 8.07. The van der Waals surface area contributed by atoms with E-state index in [0.29, 0.717) is 6.54 Å². The Kier molecular flexibility index (Phi) is 7.60. The van der Waals surface area contributed by atoms with E-state index < -0.39 is 0 Å². The number of nitrogens with one attached hydrogen (secondary N) is 1. The average molecular weight is 570 g/mol. The molecule has 0 atom stereocenters. The van der Waals surface area contributed by atoms with Crippen molar-refractivity contribution >= 4 is 17.0 Å². The van der Waals surface area contributed by atoms with Crippen LogP contribution in [0.4, 0.5) is 0 Å². The Labute approximate surface area is 245 Å². The van der Waals surface area contributed by atoms with Crippen molar-refractivity contribution in [3.05, 3.63) is 106 Å². The summed E-state index contributed by atoms with van der Waals surface area (Å²) in [6.45, 7) is 14.4. The summed E-state index contributed by atoms with van der Waals surface area (Å²) in [4.78, 5) is 7.34. The van der Waals surface area contributed by atoms with Crippen LogP contribution in [0.5, 0.6) is 23.0 Å². The van der Waals surface area contributed by atoms with Crippen LogP contribution in [-0.2, 0) is 31.6 Å². The smallest absolute Gasteiger partial charge is 0.231 e. The lowest BCUT2D eigenvalue weighted by Gasteiger charge is -2.23. The first-order valence-corrected chi connectivity index (χ1v) is 14.6. The number of fused-ring (bicyclic) bond motifs is 2. The fourth-order valence-corrected chi connectivity index (χ4v) is 5.75. The van der Waals surface area contributed by atoms with Gasteiger partial charge in [-0.3, -0.25) is 4.90 Å². The molecule has 41 heavy (non-hydrogen) atoms. The van der Waals surface area contributed by atoms with Crippen molar-refractivity contribution in [1.29, 1.82) is 0 Å². The maximum atomic E-state index is 5.63. The van der Waals surface area contributed by atoms with Crippen LogP contribution in [0.25, 0.3) is 5.70 Å². The molecule has 0 aliphatic carbocycles. The molecule has 6 rings (SSSR count). The monoisotopic (exact) mass is 569 g/mol. The molecule has 0 unspecified atom stereocenters. The largest absolute Gasteiger partial charge is 0.454 e. The van der Waals surface area contributed by atoms with E-state index in [9.17, 15) is 0 Å². The summed E-state index contributed by atoms with van der Waals surface area (Å²) >= 11 is 1.66. The van der Waals surface area contributed by atoms with Crippen molar-refractivity contribution in [3.63, 3.8) is 0 Å². The van der Waals surface area contributed by atoms with Gasteiger partial charge in [-0.05, 0) is 51.9 Å². The summed E-state index contributed by atoms with van der Waals surface area (Å²) in [7, 11) is 0. The molecule has 7 nitrogen and oxygen atoms in total. The van der Waals surface area contributed by atoms with Crippen LogP contribution < -0.4 is 24.3 Å². The summed E-state index contributed by atoms with van der Waals surface area (Å²) in [6.07, 6.45) is 0. The molecule has 3 aromatic carbocycles. The van der Waals surface area contributed by atoms with Gasteiger partial charge in [-0.1, -0.05) is 63.7 Å². The number of benzene rings is 3. The number of ether oxygens (including phenoxy) is 4. The number of rotatable bonds is 10. The molecule has 3 heterocycles. The van der Waals surface area contributed by atoms with Gasteiger partial charge in [0, 0.05) is 25.0 Å². The molecule has 0 saturated heterocycles. The number of hydrogen-bond donors (Lipinski definition) is 1. The van der Waals surface area contributed by atoms with Gasteiger partial charge in [0.25, 0.3) is 0 Å². The van der Waals surface area contributed by atoms with Crippen LogP contribution in [0.3, 0.4) is 0 Å². The zero-order chi connectivity index (χ0) is 28.4. The van der Waals surface area contributed by atoms with Gasteiger partial charge in [-0.2, -0.15) is 0 Å². The van der Waals surface area contributed by atoms with E-state index in [1.807, 2.05) is 24.3 Å². The second-order valence-electron chi connectivity index (χ2n) is 11.4. The Hall–Kier alpha value is -4.01. The van der Waals surface area contributed by atoms with E-state index >= 15 is 0 Å². The van der Waals surface area contributed by atoms with E-state index in [1.54, 1.807) is 11.3 Å². The molecule has 0 bridgehead atoms. The fraction of sp³-hybridized carbons (Fsp3) is 0.303. The number of hydrogen-bond acceptors (Lipinski definition) is 8. The van der Waals surface area contributed by atoms with Crippen molar-refractivity contribution < 1.29 is 18.9 Å². The SMILES string of the molecule is C=C(NCc1ccc2c(c1)OCO2)c1csc(CN(Cc2ccc(C(C)(C)C)cc2)Cc2ccc3c(c2)OCO3)n1. The van der Waals surface area contributed by atoms with Crippen molar-refractivity contribution in [3.8, 4) is 23.0 Å². The third-order valence-electron chi connectivity index (χ3n) is 7.23. The number of thiazole rings is 1. The molecule has 1 N–H and O–H groups in total. The highest BCUT2D eigenvalue weighted by atomic mass is 32.1. The zero-order valence-electron chi connectivity index (χ0n) is 23.7. The summed E-state index contributed by atoms with van der Waals surface area (Å²) in [5.41, 5.74) is 6.66. The fourth-order valence-electron chi connectivity index (χ4n) is 4.90. The Bertz CT molecular complexity index is 1540. The van der Waals surface area contributed by atoms with E-state index in [4.69, 9.17) is 23.9 Å². The molecule has 4 aromatic rings. The minimum absolute atomic E-state index is 0.126. The first-order chi connectivity index (χ1) is 19.8. The third kappa shape index (κ3) is 6.50. The Morgan fingerprint density at radius 3 is 2.07 bits per heavy atom. The maximum Gasteiger partial charge on any atom is 0.231 e. The minimum Gasteiger partial charge on any atom is -0.454 e. The van der Waals surface area contributed by atoms with Crippen molar-refractivity contribution in [1.82, 2.24) is 15.2 Å². The van der Waals surface area contributed by atoms with Crippen molar-refractivity contribution in [2.75, 3.05) is 13.6 Å². The molecule has 0 saturated carbocycles. The van der Waals surface area contributed by atoms with Gasteiger partial charge in [-0.15, -0.1) is 11.3 Å². The maximum absolute atomic E-state index is 5.63. The second-order valence-corrected chi connectivity index (χ2v) is 12.4. The van der Waals surface area contributed by atoms with Crippen LogP contribution in [0.1, 0.15) is 53.7 Å². The molecule has 0 fully saturated rings. The van der Waals surface area contributed by atoms with Crippen LogP contribution in [0.2, 0.25) is 0 Å². The predicted octanol–water partition coefficient (Wildman–Crippen LogP) is 6.86. The zero-order valence-corrected chi connectivity index (χ0v) is 24.6. The van der Waals surface area contributed by atoms with Crippen LogP contribution in [0, 0.1) is 0 Å². The molecular formula is C33H35N3O4S. The predicted molar refractivity (Wildman–Crippen MR) is 161 cm³/mol. The highest BCUT2D eigenvalue weighted by molar-refractivity contribution is 7.09. The Morgan fingerprint density at radius 1 is 0.805 bits per heavy atom. The molecule has 0 radical (unpaired) electrons.